The van der Waals surface area contributed by atoms with Crippen molar-refractivity contribution in [2.75, 3.05) is 7.11 Å². The van der Waals surface area contributed by atoms with Gasteiger partial charge in [0.05, 0.1) is 13.3 Å². The Morgan fingerprint density at radius 1 is 0.729 bits per heavy atom. The standard InChI is InChI=1S/C41H38N4O2.Pt/c1-40(2,3)34-15-11-16-35(41(4,5)6)39(34)27-25-43-44(26-27)28-12-10-13-30(22-28)47-31-18-19-33-32-14-8-9-17-36(32)45(37(33)23-31)38-24-29(46-7)20-21-42-38;/h8-21,24-26H,1-7H3;/q-2;+2. The smallest absolute Gasteiger partial charge is 0.509 e. The van der Waals surface area contributed by atoms with Crippen LogP contribution >= 0.6 is 0 Å². The minimum atomic E-state index is -0.0233. The molecule has 0 aliphatic carbocycles. The molecule has 7 rings (SSSR count). The van der Waals surface area contributed by atoms with Crippen LogP contribution in [0.1, 0.15) is 52.7 Å². The molecule has 0 aliphatic heterocycles. The quantitative estimate of drug-likeness (QED) is 0.157. The first-order chi connectivity index (χ1) is 22.5. The van der Waals surface area contributed by atoms with E-state index < -0.39 is 0 Å². The molecule has 6 nitrogen and oxygen atoms in total. The third-order valence-corrected chi connectivity index (χ3v) is 8.51. The molecule has 3 heterocycles. The molecule has 0 amide bonds. The second kappa shape index (κ2) is 12.7. The monoisotopic (exact) mass is 813 g/mol. The van der Waals surface area contributed by atoms with E-state index in [1.54, 1.807) is 13.3 Å². The molecule has 7 heteroatoms. The van der Waals surface area contributed by atoms with Gasteiger partial charge in [-0.25, -0.2) is 4.98 Å². The van der Waals surface area contributed by atoms with Gasteiger partial charge in [-0.2, -0.15) is 17.2 Å². The van der Waals surface area contributed by atoms with Crippen molar-refractivity contribution in [1.29, 1.82) is 0 Å². The molecule has 0 saturated carbocycles. The molecular formula is C41H38N4O2Pt. The van der Waals surface area contributed by atoms with Crippen molar-refractivity contribution >= 4 is 21.8 Å². The molecule has 0 atom stereocenters. The third-order valence-electron chi connectivity index (χ3n) is 8.51. The zero-order chi connectivity index (χ0) is 32.9. The van der Waals surface area contributed by atoms with E-state index >= 15 is 0 Å². The molecule has 0 N–H and O–H groups in total. The van der Waals surface area contributed by atoms with Crippen LogP contribution in [-0.2, 0) is 31.9 Å². The Bertz CT molecular complexity index is 2220. The number of methoxy groups -OCH3 is 1. The average Bonchev–Trinajstić information content (AvgIpc) is 3.67. The van der Waals surface area contributed by atoms with Crippen LogP contribution < -0.4 is 9.47 Å². The molecule has 4 aromatic carbocycles. The van der Waals surface area contributed by atoms with E-state index in [2.05, 4.69) is 106 Å². The van der Waals surface area contributed by atoms with Gasteiger partial charge in [-0.1, -0.05) is 83.5 Å². The van der Waals surface area contributed by atoms with E-state index in [4.69, 9.17) is 14.6 Å². The van der Waals surface area contributed by atoms with Crippen molar-refractivity contribution in [3.63, 3.8) is 0 Å². The topological polar surface area (TPSA) is 54.1 Å². The number of para-hydroxylation sites is 1. The van der Waals surface area contributed by atoms with E-state index in [0.29, 0.717) is 11.5 Å². The first-order valence-corrected chi connectivity index (χ1v) is 15.9. The van der Waals surface area contributed by atoms with E-state index in [9.17, 15) is 0 Å². The summed E-state index contributed by atoms with van der Waals surface area (Å²) >= 11 is 0. The fraction of sp³-hybridized carbons (Fsp3) is 0.220. The van der Waals surface area contributed by atoms with E-state index in [1.165, 1.54) is 16.7 Å². The molecule has 7 aromatic rings. The average molecular weight is 814 g/mol. The van der Waals surface area contributed by atoms with Crippen molar-refractivity contribution in [3.05, 3.63) is 127 Å². The first kappa shape index (κ1) is 33.2. The van der Waals surface area contributed by atoms with Crippen molar-refractivity contribution < 1.29 is 30.5 Å². The summed E-state index contributed by atoms with van der Waals surface area (Å²) in [6, 6.07) is 35.5. The van der Waals surface area contributed by atoms with Gasteiger partial charge in [-0.15, -0.1) is 35.7 Å². The van der Waals surface area contributed by atoms with Gasteiger partial charge in [0.25, 0.3) is 0 Å². The molecule has 0 radical (unpaired) electrons. The predicted octanol–water partition coefficient (Wildman–Crippen LogP) is 10.0. The van der Waals surface area contributed by atoms with Crippen LogP contribution in [0.25, 0.3) is 44.4 Å². The summed E-state index contributed by atoms with van der Waals surface area (Å²) in [5, 5.41) is 6.95. The van der Waals surface area contributed by atoms with Gasteiger partial charge in [0.15, 0.2) is 0 Å². The number of rotatable bonds is 6. The number of nitrogens with zero attached hydrogens (tertiary/aromatic N) is 4. The summed E-state index contributed by atoms with van der Waals surface area (Å²) in [6.45, 7) is 13.6. The van der Waals surface area contributed by atoms with Gasteiger partial charge >= 0.3 is 21.1 Å². The summed E-state index contributed by atoms with van der Waals surface area (Å²) in [5.74, 6) is 2.63. The maximum atomic E-state index is 6.39. The normalized spacial score (nSPS) is 11.9. The van der Waals surface area contributed by atoms with Gasteiger partial charge in [-0.05, 0) is 50.7 Å². The Balaban J connectivity index is 0.00000401. The second-order valence-electron chi connectivity index (χ2n) is 13.9. The van der Waals surface area contributed by atoms with Crippen molar-refractivity contribution in [1.82, 2.24) is 19.3 Å². The van der Waals surface area contributed by atoms with E-state index in [-0.39, 0.29) is 31.9 Å². The van der Waals surface area contributed by atoms with Crippen molar-refractivity contribution in [3.8, 4) is 39.9 Å². The number of pyridine rings is 1. The van der Waals surface area contributed by atoms with Gasteiger partial charge in [0.1, 0.15) is 11.6 Å². The molecule has 48 heavy (non-hydrogen) atoms. The minimum Gasteiger partial charge on any atom is -0.509 e. The maximum Gasteiger partial charge on any atom is 2.00 e. The third kappa shape index (κ3) is 6.18. The molecule has 0 spiro atoms. The number of benzene rings is 4. The van der Waals surface area contributed by atoms with Crippen molar-refractivity contribution in [2.24, 2.45) is 0 Å². The first-order valence-electron chi connectivity index (χ1n) is 15.9. The molecule has 3 aromatic heterocycles. The van der Waals surface area contributed by atoms with Crippen LogP contribution in [0.4, 0.5) is 0 Å². The van der Waals surface area contributed by atoms with Gasteiger partial charge in [-0.3, -0.25) is 4.68 Å². The fourth-order valence-electron chi connectivity index (χ4n) is 6.27. The molecule has 0 saturated heterocycles. The van der Waals surface area contributed by atoms with Crippen LogP contribution in [0.15, 0.2) is 104 Å². The van der Waals surface area contributed by atoms with Gasteiger partial charge < -0.3 is 14.0 Å². The van der Waals surface area contributed by atoms with Crippen LogP contribution in [0, 0.1) is 12.1 Å². The van der Waals surface area contributed by atoms with Gasteiger partial charge in [0, 0.05) is 41.0 Å². The SMILES string of the molecule is COc1ccnc(-n2c3[c-]c(Oc4[c-]c(-n5cc(-c6c(C(C)(C)C)cccc6C(C)(C)C)cn5)ccc4)ccc3c3ccccc32)c1.[Pt+2]. The van der Waals surface area contributed by atoms with Crippen molar-refractivity contribution in [2.45, 2.75) is 52.4 Å². The number of fused-ring (bicyclic) bond motifs is 3. The predicted molar refractivity (Wildman–Crippen MR) is 189 cm³/mol. The summed E-state index contributed by atoms with van der Waals surface area (Å²) < 4.78 is 15.8. The Morgan fingerprint density at radius 3 is 2.17 bits per heavy atom. The van der Waals surface area contributed by atoms with Gasteiger partial charge in [0.2, 0.25) is 0 Å². The number of hydrogen-bond acceptors (Lipinski definition) is 4. The molecular weight excluding hydrogens is 776 g/mol. The molecule has 244 valence electrons. The molecule has 0 bridgehead atoms. The number of hydrogen-bond donors (Lipinski definition) is 0. The second-order valence-corrected chi connectivity index (χ2v) is 13.9. The van der Waals surface area contributed by atoms with Crippen LogP contribution in [-0.4, -0.2) is 26.4 Å². The zero-order valence-corrected chi connectivity index (χ0v) is 30.5. The molecule has 0 fully saturated rings. The van der Waals surface area contributed by atoms with E-state index in [1.807, 2.05) is 59.4 Å². The minimum absolute atomic E-state index is 0. The van der Waals surface area contributed by atoms with Crippen LogP contribution in [0.3, 0.4) is 0 Å². The Hall–Kier alpha value is -4.67. The number of ether oxygens (including phenoxy) is 2. The van der Waals surface area contributed by atoms with E-state index in [0.717, 1.165) is 44.6 Å². The van der Waals surface area contributed by atoms with Crippen LogP contribution in [0.5, 0.6) is 17.2 Å². The summed E-state index contributed by atoms with van der Waals surface area (Å²) in [4.78, 5) is 4.66. The summed E-state index contributed by atoms with van der Waals surface area (Å²) in [5.41, 5.74) is 7.57. The summed E-state index contributed by atoms with van der Waals surface area (Å²) in [6.07, 6.45) is 5.80. The summed E-state index contributed by atoms with van der Waals surface area (Å²) in [7, 11) is 1.66. The largest absolute Gasteiger partial charge is 2.00 e. The molecule has 0 unspecified atom stereocenters. The Labute approximate surface area is 296 Å². The Kier molecular flexibility index (Phi) is 8.82. The Morgan fingerprint density at radius 2 is 1.44 bits per heavy atom. The number of aromatic nitrogens is 4. The molecule has 0 aliphatic rings. The fourth-order valence-corrected chi connectivity index (χ4v) is 6.27. The van der Waals surface area contributed by atoms with Crippen LogP contribution in [0.2, 0.25) is 0 Å². The maximum absolute atomic E-state index is 6.39. The zero-order valence-electron chi connectivity index (χ0n) is 28.2.